The van der Waals surface area contributed by atoms with Crippen LogP contribution in [0.15, 0.2) is 0 Å². The first kappa shape index (κ1) is 18.1. The molecule has 0 fully saturated rings. The zero-order chi connectivity index (χ0) is 14.0. The maximum atomic E-state index is 5.89. The molecule has 0 spiro atoms. The van der Waals surface area contributed by atoms with Gasteiger partial charge in [-0.25, -0.2) is 0 Å². The van der Waals surface area contributed by atoms with Crippen LogP contribution in [0.3, 0.4) is 0 Å². The molecule has 0 aliphatic carbocycles. The summed E-state index contributed by atoms with van der Waals surface area (Å²) in [6, 6.07) is 0.561. The molecular weight excluding hydrogens is 242 g/mol. The molecule has 18 heavy (non-hydrogen) atoms. The number of nitrogens with zero attached hydrogens (tertiary/aromatic N) is 1. The summed E-state index contributed by atoms with van der Waals surface area (Å²) in [5, 5.41) is 0. The Kier molecular flexibility index (Phi) is 11.0. The van der Waals surface area contributed by atoms with Crippen LogP contribution in [-0.4, -0.2) is 39.8 Å². The molecule has 1 atom stereocenters. The van der Waals surface area contributed by atoms with Crippen molar-refractivity contribution >= 4 is 9.45 Å². The van der Waals surface area contributed by atoms with Crippen LogP contribution < -0.4 is 0 Å². The van der Waals surface area contributed by atoms with E-state index in [1.165, 1.54) is 19.3 Å². The lowest BCUT2D eigenvalue weighted by atomic mass is 10.1. The van der Waals surface area contributed by atoms with Gasteiger partial charge in [-0.15, -0.1) is 0 Å². The number of hydrogen-bond donors (Lipinski definition) is 0. The standard InChI is InChI=1S/C14H33NO2Si/c1-7-10-11-15(14(6)12-13(4)5)18(16-8-2)17-9-3/h13-14,18H,7-12H2,1-6H3. The highest BCUT2D eigenvalue weighted by atomic mass is 28.3. The third-order valence-corrected chi connectivity index (χ3v) is 5.58. The lowest BCUT2D eigenvalue weighted by Crippen LogP contribution is -2.50. The summed E-state index contributed by atoms with van der Waals surface area (Å²) >= 11 is 0. The first-order valence-electron chi connectivity index (χ1n) is 7.55. The summed E-state index contributed by atoms with van der Waals surface area (Å²) in [6.45, 7) is 15.9. The molecule has 0 aliphatic heterocycles. The minimum absolute atomic E-state index is 0.561. The molecule has 0 N–H and O–H groups in total. The van der Waals surface area contributed by atoms with E-state index in [9.17, 15) is 0 Å². The van der Waals surface area contributed by atoms with Crippen molar-refractivity contribution in [2.45, 2.75) is 66.8 Å². The fourth-order valence-electron chi connectivity index (χ4n) is 2.22. The van der Waals surface area contributed by atoms with Gasteiger partial charge in [0.15, 0.2) is 0 Å². The van der Waals surface area contributed by atoms with Gasteiger partial charge in [-0.3, -0.25) is 4.57 Å². The smallest absolute Gasteiger partial charge is 0.385 e. The first-order chi connectivity index (χ1) is 8.56. The number of hydrogen-bond acceptors (Lipinski definition) is 3. The van der Waals surface area contributed by atoms with Crippen molar-refractivity contribution < 1.29 is 8.85 Å². The van der Waals surface area contributed by atoms with Crippen LogP contribution >= 0.6 is 0 Å². The second kappa shape index (κ2) is 11.0. The summed E-state index contributed by atoms with van der Waals surface area (Å²) in [4.78, 5) is 0. The number of rotatable bonds is 11. The Labute approximate surface area is 116 Å². The van der Waals surface area contributed by atoms with Crippen LogP contribution in [0, 0.1) is 5.92 Å². The fourth-order valence-corrected chi connectivity index (χ4v) is 4.20. The average molecular weight is 276 g/mol. The van der Waals surface area contributed by atoms with Gasteiger partial charge in [0.05, 0.1) is 0 Å². The minimum atomic E-state index is -1.66. The van der Waals surface area contributed by atoms with Gasteiger partial charge in [0.1, 0.15) is 0 Å². The third-order valence-electron chi connectivity index (χ3n) is 3.04. The van der Waals surface area contributed by atoms with Crippen molar-refractivity contribution in [2.24, 2.45) is 5.92 Å². The molecule has 0 saturated heterocycles. The van der Waals surface area contributed by atoms with E-state index in [2.05, 4.69) is 46.1 Å². The molecule has 0 saturated carbocycles. The Morgan fingerprint density at radius 2 is 1.56 bits per heavy atom. The molecule has 110 valence electrons. The minimum Gasteiger partial charge on any atom is -0.385 e. The quantitative estimate of drug-likeness (QED) is 0.540. The van der Waals surface area contributed by atoms with Crippen LogP contribution in [0.1, 0.15) is 60.8 Å². The number of unbranched alkanes of at least 4 members (excludes halogenated alkanes) is 1. The third kappa shape index (κ3) is 7.51. The second-order valence-electron chi connectivity index (χ2n) is 5.29. The Morgan fingerprint density at radius 3 is 1.94 bits per heavy atom. The second-order valence-corrected chi connectivity index (χ2v) is 7.23. The van der Waals surface area contributed by atoms with Gasteiger partial charge in [0.25, 0.3) is 0 Å². The van der Waals surface area contributed by atoms with Crippen LogP contribution in [0.2, 0.25) is 0 Å². The zero-order valence-electron chi connectivity index (χ0n) is 13.2. The van der Waals surface area contributed by atoms with Crippen molar-refractivity contribution in [1.29, 1.82) is 0 Å². The van der Waals surface area contributed by atoms with E-state index < -0.39 is 9.45 Å². The summed E-state index contributed by atoms with van der Waals surface area (Å²) in [5.41, 5.74) is 0. The Morgan fingerprint density at radius 1 is 1.00 bits per heavy atom. The molecule has 0 aliphatic rings. The van der Waals surface area contributed by atoms with Crippen molar-refractivity contribution in [3.63, 3.8) is 0 Å². The summed E-state index contributed by atoms with van der Waals surface area (Å²) in [7, 11) is -1.66. The maximum absolute atomic E-state index is 5.89. The van der Waals surface area contributed by atoms with Gasteiger partial charge >= 0.3 is 9.45 Å². The lowest BCUT2D eigenvalue weighted by Gasteiger charge is -2.34. The van der Waals surface area contributed by atoms with Crippen molar-refractivity contribution in [1.82, 2.24) is 4.57 Å². The molecule has 0 aromatic carbocycles. The zero-order valence-corrected chi connectivity index (χ0v) is 14.4. The van der Waals surface area contributed by atoms with E-state index in [0.717, 1.165) is 25.7 Å². The predicted molar refractivity (Wildman–Crippen MR) is 80.9 cm³/mol. The fraction of sp³-hybridized carbons (Fsp3) is 1.00. The summed E-state index contributed by atoms with van der Waals surface area (Å²) in [6.07, 6.45) is 3.67. The largest absolute Gasteiger partial charge is 0.411 e. The first-order valence-corrected chi connectivity index (χ1v) is 9.01. The molecule has 0 radical (unpaired) electrons. The van der Waals surface area contributed by atoms with Crippen molar-refractivity contribution in [3.05, 3.63) is 0 Å². The van der Waals surface area contributed by atoms with Crippen molar-refractivity contribution in [2.75, 3.05) is 19.8 Å². The molecule has 0 bridgehead atoms. The normalized spacial score (nSPS) is 13.8. The molecule has 0 aromatic heterocycles. The predicted octanol–water partition coefficient (Wildman–Crippen LogP) is 3.31. The van der Waals surface area contributed by atoms with E-state index in [0.29, 0.717) is 6.04 Å². The highest BCUT2D eigenvalue weighted by molar-refractivity contribution is 6.41. The summed E-state index contributed by atoms with van der Waals surface area (Å²) in [5.74, 6) is 0.724. The lowest BCUT2D eigenvalue weighted by molar-refractivity contribution is 0.129. The van der Waals surface area contributed by atoms with Gasteiger partial charge in [0, 0.05) is 19.3 Å². The SMILES string of the molecule is CCCCN(C(C)CC(C)C)[SiH](OCC)OCC. The monoisotopic (exact) mass is 275 g/mol. The Balaban J connectivity index is 4.57. The van der Waals surface area contributed by atoms with Crippen LogP contribution in [-0.2, 0) is 8.85 Å². The molecular formula is C14H33NO2Si. The molecule has 0 aromatic rings. The van der Waals surface area contributed by atoms with E-state index in [-0.39, 0.29) is 0 Å². The highest BCUT2D eigenvalue weighted by Gasteiger charge is 2.27. The van der Waals surface area contributed by atoms with Crippen LogP contribution in [0.4, 0.5) is 0 Å². The van der Waals surface area contributed by atoms with E-state index in [1.807, 2.05) is 0 Å². The molecule has 0 heterocycles. The van der Waals surface area contributed by atoms with E-state index in [1.54, 1.807) is 0 Å². The van der Waals surface area contributed by atoms with Gasteiger partial charge in [-0.05, 0) is 39.2 Å². The van der Waals surface area contributed by atoms with Gasteiger partial charge < -0.3 is 8.85 Å². The van der Waals surface area contributed by atoms with Crippen LogP contribution in [0.5, 0.6) is 0 Å². The summed E-state index contributed by atoms with van der Waals surface area (Å²) < 4.78 is 14.3. The molecule has 0 amide bonds. The Hall–Kier alpha value is 0.0969. The molecule has 1 unspecified atom stereocenters. The van der Waals surface area contributed by atoms with Gasteiger partial charge in [-0.1, -0.05) is 34.1 Å². The van der Waals surface area contributed by atoms with Gasteiger partial charge in [0.2, 0.25) is 0 Å². The highest BCUT2D eigenvalue weighted by Crippen LogP contribution is 2.15. The van der Waals surface area contributed by atoms with Gasteiger partial charge in [-0.2, -0.15) is 0 Å². The Bertz CT molecular complexity index is 185. The van der Waals surface area contributed by atoms with E-state index >= 15 is 0 Å². The molecule has 3 nitrogen and oxygen atoms in total. The molecule has 0 rings (SSSR count). The van der Waals surface area contributed by atoms with Crippen LogP contribution in [0.25, 0.3) is 0 Å². The van der Waals surface area contributed by atoms with Crippen molar-refractivity contribution in [3.8, 4) is 0 Å². The topological polar surface area (TPSA) is 21.7 Å². The maximum Gasteiger partial charge on any atom is 0.411 e. The van der Waals surface area contributed by atoms with E-state index in [4.69, 9.17) is 8.85 Å². The average Bonchev–Trinajstić information content (AvgIpc) is 2.29. The molecule has 4 heteroatoms.